The van der Waals surface area contributed by atoms with E-state index in [1.54, 1.807) is 0 Å². The zero-order valence-electron chi connectivity index (χ0n) is 25.1. The van der Waals surface area contributed by atoms with Gasteiger partial charge in [-0.3, -0.25) is 0 Å². The summed E-state index contributed by atoms with van der Waals surface area (Å²) in [6.07, 6.45) is 22.2. The van der Waals surface area contributed by atoms with Gasteiger partial charge in [0.05, 0.1) is 26.2 Å². The van der Waals surface area contributed by atoms with E-state index in [1.807, 2.05) is 0 Å². The van der Waals surface area contributed by atoms with Gasteiger partial charge < -0.3 is 17.8 Å². The molecule has 35 heavy (non-hydrogen) atoms. The quantitative estimate of drug-likeness (QED) is 0.0589. The van der Waals surface area contributed by atoms with Crippen LogP contribution in [-0.4, -0.2) is 59.3 Å². The molecule has 0 N–H and O–H groups in total. The molecule has 0 heterocycles. The summed E-state index contributed by atoms with van der Waals surface area (Å²) in [7, 11) is -2.52. The summed E-state index contributed by atoms with van der Waals surface area (Å²) >= 11 is 0. The third-order valence-corrected chi connectivity index (χ3v) is 10.5. The Morgan fingerprint density at radius 2 is 0.771 bits per heavy atom. The Kier molecular flexibility index (Phi) is 24.4. The van der Waals surface area contributed by atoms with Crippen molar-refractivity contribution in [1.29, 1.82) is 0 Å². The molecule has 0 aliphatic heterocycles. The highest BCUT2D eigenvalue weighted by atomic mass is 28.4. The lowest BCUT2D eigenvalue weighted by atomic mass is 10.0. The average molecular weight is 517 g/mol. The fourth-order valence-corrected chi connectivity index (χ4v) is 8.31. The zero-order valence-corrected chi connectivity index (χ0v) is 26.1. The minimum Gasteiger partial charge on any atom is -0.374 e. The van der Waals surface area contributed by atoms with Gasteiger partial charge in [0.2, 0.25) is 0 Å². The lowest BCUT2D eigenvalue weighted by molar-refractivity contribution is -0.928. The van der Waals surface area contributed by atoms with Crippen molar-refractivity contribution in [2.45, 2.75) is 150 Å². The molecule has 0 aromatic carbocycles. The molecule has 0 aromatic heterocycles. The Hall–Kier alpha value is 0.0569. The van der Waals surface area contributed by atoms with Crippen molar-refractivity contribution in [3.05, 3.63) is 0 Å². The van der Waals surface area contributed by atoms with Crippen LogP contribution in [0.2, 0.25) is 6.04 Å². The Bertz CT molecular complexity index is 413. The highest BCUT2D eigenvalue weighted by Crippen LogP contribution is 2.22. The predicted octanol–water partition coefficient (Wildman–Crippen LogP) is 9.15. The van der Waals surface area contributed by atoms with Crippen molar-refractivity contribution in [2.75, 3.05) is 46.0 Å². The third-order valence-electron chi connectivity index (χ3n) is 7.34. The summed E-state index contributed by atoms with van der Waals surface area (Å²) in [5.74, 6) is 0. The molecule has 0 rings (SSSR count). The molecule has 5 heteroatoms. The molecule has 212 valence electrons. The first-order valence-corrected chi connectivity index (χ1v) is 17.8. The van der Waals surface area contributed by atoms with Crippen molar-refractivity contribution >= 4 is 8.80 Å². The monoisotopic (exact) mass is 516 g/mol. The first-order valence-electron chi connectivity index (χ1n) is 15.8. The van der Waals surface area contributed by atoms with Crippen molar-refractivity contribution in [3.8, 4) is 0 Å². The van der Waals surface area contributed by atoms with Crippen LogP contribution in [0.4, 0.5) is 0 Å². The Labute approximate surface area is 222 Å². The molecule has 0 radical (unpaired) electrons. The van der Waals surface area contributed by atoms with Crippen LogP contribution in [0.15, 0.2) is 0 Å². The van der Waals surface area contributed by atoms with Crippen LogP contribution < -0.4 is 0 Å². The SMILES string of the molecule is CCCCCCCCCCCCCCC[N+](CCC)(CCC)CCC[Si](OCC)(OCC)OCC. The van der Waals surface area contributed by atoms with Crippen LogP contribution in [0, 0.1) is 0 Å². The normalized spacial score (nSPS) is 12.5. The third kappa shape index (κ3) is 18.0. The van der Waals surface area contributed by atoms with Gasteiger partial charge in [0.25, 0.3) is 0 Å². The second kappa shape index (κ2) is 24.4. The second-order valence-electron chi connectivity index (χ2n) is 10.6. The largest absolute Gasteiger partial charge is 0.501 e. The number of nitrogens with zero attached hydrogens (tertiary/aromatic N) is 1. The van der Waals surface area contributed by atoms with Crippen LogP contribution in [0.25, 0.3) is 0 Å². The van der Waals surface area contributed by atoms with Crippen molar-refractivity contribution < 1.29 is 17.8 Å². The minimum atomic E-state index is -2.52. The smallest absolute Gasteiger partial charge is 0.374 e. The molecule has 0 spiro atoms. The first-order chi connectivity index (χ1) is 17.1. The van der Waals surface area contributed by atoms with Crippen molar-refractivity contribution in [2.24, 2.45) is 0 Å². The van der Waals surface area contributed by atoms with E-state index in [1.165, 1.54) is 127 Å². The summed E-state index contributed by atoms with van der Waals surface area (Å²) < 4.78 is 19.6. The van der Waals surface area contributed by atoms with E-state index >= 15 is 0 Å². The van der Waals surface area contributed by atoms with Crippen molar-refractivity contribution in [3.63, 3.8) is 0 Å². The van der Waals surface area contributed by atoms with Crippen LogP contribution in [0.5, 0.6) is 0 Å². The predicted molar refractivity (Wildman–Crippen MR) is 156 cm³/mol. The van der Waals surface area contributed by atoms with Crippen LogP contribution in [-0.2, 0) is 13.3 Å². The highest BCUT2D eigenvalue weighted by Gasteiger charge is 2.40. The standard InChI is InChI=1S/C30H66NO3Si/c1-7-13-14-15-16-17-18-19-20-21-22-23-24-28-31(26-8-2,27-9-3)29-25-30-35(32-10-4,33-11-5)34-12-6/h7-30H2,1-6H3/q+1. The zero-order chi connectivity index (χ0) is 26.1. The Balaban J connectivity index is 4.38. The van der Waals surface area contributed by atoms with E-state index in [2.05, 4.69) is 41.5 Å². The molecule has 0 atom stereocenters. The number of hydrogen-bond acceptors (Lipinski definition) is 3. The summed E-state index contributed by atoms with van der Waals surface area (Å²) in [5.41, 5.74) is 0. The van der Waals surface area contributed by atoms with Gasteiger partial charge in [0.1, 0.15) is 0 Å². The maximum atomic E-state index is 6.11. The number of quaternary nitrogens is 1. The van der Waals surface area contributed by atoms with E-state index < -0.39 is 8.80 Å². The van der Waals surface area contributed by atoms with E-state index in [0.29, 0.717) is 19.8 Å². The number of unbranched alkanes of at least 4 members (excludes halogenated alkanes) is 12. The van der Waals surface area contributed by atoms with Gasteiger partial charge in [0.15, 0.2) is 0 Å². The highest BCUT2D eigenvalue weighted by molar-refractivity contribution is 6.60. The van der Waals surface area contributed by atoms with Gasteiger partial charge in [-0.05, 0) is 46.5 Å². The van der Waals surface area contributed by atoms with Crippen LogP contribution >= 0.6 is 0 Å². The minimum absolute atomic E-state index is 0.676. The molecule has 0 amide bonds. The van der Waals surface area contributed by atoms with Gasteiger partial charge in [0, 0.05) is 32.3 Å². The molecule has 0 aliphatic carbocycles. The summed E-state index contributed by atoms with van der Waals surface area (Å²) in [4.78, 5) is 0. The summed E-state index contributed by atoms with van der Waals surface area (Å²) in [6.45, 7) is 20.4. The second-order valence-corrected chi connectivity index (χ2v) is 13.3. The first kappa shape index (κ1) is 35.1. The Morgan fingerprint density at radius 1 is 0.400 bits per heavy atom. The van der Waals surface area contributed by atoms with Crippen molar-refractivity contribution in [1.82, 2.24) is 0 Å². The maximum Gasteiger partial charge on any atom is 0.501 e. The molecule has 0 bridgehead atoms. The molecule has 0 saturated carbocycles. The van der Waals surface area contributed by atoms with Gasteiger partial charge in [-0.25, -0.2) is 0 Å². The van der Waals surface area contributed by atoms with Gasteiger partial charge in [-0.15, -0.1) is 0 Å². The molecule has 0 saturated heterocycles. The molecule has 0 aromatic rings. The van der Waals surface area contributed by atoms with Crippen LogP contribution in [0.3, 0.4) is 0 Å². The van der Waals surface area contributed by atoms with Crippen LogP contribution in [0.1, 0.15) is 144 Å². The fraction of sp³-hybridized carbons (Fsp3) is 1.00. The molecule has 4 nitrogen and oxygen atoms in total. The van der Waals surface area contributed by atoms with Gasteiger partial charge >= 0.3 is 8.80 Å². The van der Waals surface area contributed by atoms with E-state index in [9.17, 15) is 0 Å². The molecule has 0 aliphatic rings. The Morgan fingerprint density at radius 3 is 1.14 bits per heavy atom. The van der Waals surface area contributed by atoms with E-state index in [4.69, 9.17) is 13.3 Å². The number of rotatable bonds is 28. The lowest BCUT2D eigenvalue weighted by Crippen LogP contribution is -2.52. The lowest BCUT2D eigenvalue weighted by Gasteiger charge is -2.39. The molecular weight excluding hydrogens is 450 g/mol. The number of hydrogen-bond donors (Lipinski definition) is 0. The van der Waals surface area contributed by atoms with E-state index in [0.717, 1.165) is 12.5 Å². The molecule has 0 unspecified atom stereocenters. The topological polar surface area (TPSA) is 27.7 Å². The van der Waals surface area contributed by atoms with E-state index in [-0.39, 0.29) is 0 Å². The summed E-state index contributed by atoms with van der Waals surface area (Å²) in [5, 5.41) is 0. The molecular formula is C30H66NO3Si+. The average Bonchev–Trinajstić information content (AvgIpc) is 2.83. The summed E-state index contributed by atoms with van der Waals surface area (Å²) in [6, 6.07) is 0.953. The molecule has 0 fully saturated rings. The fourth-order valence-electron chi connectivity index (χ4n) is 5.72. The maximum absolute atomic E-state index is 6.11. The van der Waals surface area contributed by atoms with Gasteiger partial charge in [-0.1, -0.05) is 91.4 Å². The van der Waals surface area contributed by atoms with Gasteiger partial charge in [-0.2, -0.15) is 0 Å².